The lowest BCUT2D eigenvalue weighted by Crippen LogP contribution is -2.16. The number of aromatic nitrogens is 3. The molecule has 1 aromatic heterocycles. The van der Waals surface area contributed by atoms with Crippen LogP contribution >= 0.6 is 0 Å². The van der Waals surface area contributed by atoms with Gasteiger partial charge in [-0.3, -0.25) is 0 Å². The van der Waals surface area contributed by atoms with Gasteiger partial charge in [-0.05, 0) is 42.9 Å². The SMILES string of the molecule is CCC(O)Cn1ncnc1-c1ccc2c(c1)CCC2. The lowest BCUT2D eigenvalue weighted by molar-refractivity contribution is 0.146. The van der Waals surface area contributed by atoms with Gasteiger partial charge in [-0.25, -0.2) is 9.67 Å². The maximum Gasteiger partial charge on any atom is 0.158 e. The van der Waals surface area contributed by atoms with E-state index < -0.39 is 0 Å². The van der Waals surface area contributed by atoms with E-state index in [1.165, 1.54) is 24.0 Å². The Labute approximate surface area is 113 Å². The highest BCUT2D eigenvalue weighted by molar-refractivity contribution is 5.58. The summed E-state index contributed by atoms with van der Waals surface area (Å²) in [5.74, 6) is 0.849. The zero-order valence-electron chi connectivity index (χ0n) is 11.2. The van der Waals surface area contributed by atoms with Crippen molar-refractivity contribution in [1.29, 1.82) is 0 Å². The summed E-state index contributed by atoms with van der Waals surface area (Å²) in [6.07, 6.45) is 5.52. The van der Waals surface area contributed by atoms with Crippen LogP contribution < -0.4 is 0 Å². The molecule has 4 heteroatoms. The molecule has 1 aromatic carbocycles. The summed E-state index contributed by atoms with van der Waals surface area (Å²) < 4.78 is 1.80. The van der Waals surface area contributed by atoms with Crippen molar-refractivity contribution in [1.82, 2.24) is 14.8 Å². The molecular weight excluding hydrogens is 238 g/mol. The van der Waals surface area contributed by atoms with Crippen LogP contribution in [0.25, 0.3) is 11.4 Å². The van der Waals surface area contributed by atoms with Crippen LogP contribution in [-0.2, 0) is 19.4 Å². The molecule has 4 nitrogen and oxygen atoms in total. The Kier molecular flexibility index (Phi) is 3.34. The number of benzene rings is 1. The van der Waals surface area contributed by atoms with Crippen molar-refractivity contribution in [2.45, 2.75) is 45.3 Å². The lowest BCUT2D eigenvalue weighted by atomic mass is 10.1. The highest BCUT2D eigenvalue weighted by atomic mass is 16.3. The van der Waals surface area contributed by atoms with Gasteiger partial charge in [0, 0.05) is 5.56 Å². The average molecular weight is 257 g/mol. The molecule has 2 aromatic rings. The molecule has 1 aliphatic rings. The molecule has 0 saturated heterocycles. The van der Waals surface area contributed by atoms with E-state index in [2.05, 4.69) is 28.3 Å². The second-order valence-corrected chi connectivity index (χ2v) is 5.16. The van der Waals surface area contributed by atoms with E-state index in [-0.39, 0.29) is 6.10 Å². The Morgan fingerprint density at radius 3 is 3.00 bits per heavy atom. The number of nitrogens with zero attached hydrogens (tertiary/aromatic N) is 3. The van der Waals surface area contributed by atoms with Crippen LogP contribution in [0.5, 0.6) is 0 Å². The number of hydrogen-bond acceptors (Lipinski definition) is 3. The van der Waals surface area contributed by atoms with Crippen molar-refractivity contribution < 1.29 is 5.11 Å². The molecule has 1 heterocycles. The van der Waals surface area contributed by atoms with E-state index in [0.717, 1.165) is 24.2 Å². The van der Waals surface area contributed by atoms with Crippen LogP contribution in [0.4, 0.5) is 0 Å². The summed E-state index contributed by atoms with van der Waals surface area (Å²) >= 11 is 0. The molecular formula is C15H19N3O. The highest BCUT2D eigenvalue weighted by Gasteiger charge is 2.15. The quantitative estimate of drug-likeness (QED) is 0.913. The minimum absolute atomic E-state index is 0.366. The number of aliphatic hydroxyl groups excluding tert-OH is 1. The minimum Gasteiger partial charge on any atom is -0.391 e. The summed E-state index contributed by atoms with van der Waals surface area (Å²) in [5.41, 5.74) is 3.99. The number of aliphatic hydroxyl groups is 1. The van der Waals surface area contributed by atoms with Crippen molar-refractivity contribution in [3.63, 3.8) is 0 Å². The second kappa shape index (κ2) is 5.13. The third-order valence-corrected chi connectivity index (χ3v) is 3.83. The van der Waals surface area contributed by atoms with E-state index >= 15 is 0 Å². The molecule has 0 spiro atoms. The summed E-state index contributed by atoms with van der Waals surface area (Å²) in [4.78, 5) is 4.34. The molecule has 1 atom stereocenters. The normalized spacial score (nSPS) is 15.5. The van der Waals surface area contributed by atoms with Gasteiger partial charge in [0.05, 0.1) is 12.6 Å². The summed E-state index contributed by atoms with van der Waals surface area (Å²) in [5, 5.41) is 14.0. The lowest BCUT2D eigenvalue weighted by Gasteiger charge is -2.11. The fourth-order valence-electron chi connectivity index (χ4n) is 2.66. The van der Waals surface area contributed by atoms with Crippen molar-refractivity contribution in [3.8, 4) is 11.4 Å². The molecule has 1 unspecified atom stereocenters. The van der Waals surface area contributed by atoms with Crippen LogP contribution in [0.2, 0.25) is 0 Å². The maximum absolute atomic E-state index is 9.77. The molecule has 100 valence electrons. The molecule has 0 fully saturated rings. The molecule has 1 N–H and O–H groups in total. The van der Waals surface area contributed by atoms with Crippen LogP contribution in [-0.4, -0.2) is 26.0 Å². The van der Waals surface area contributed by atoms with Gasteiger partial charge < -0.3 is 5.11 Å². The van der Waals surface area contributed by atoms with Gasteiger partial charge in [-0.2, -0.15) is 5.10 Å². The van der Waals surface area contributed by atoms with Crippen LogP contribution in [0.15, 0.2) is 24.5 Å². The Hall–Kier alpha value is -1.68. The third-order valence-electron chi connectivity index (χ3n) is 3.83. The van der Waals surface area contributed by atoms with Gasteiger partial charge in [0.2, 0.25) is 0 Å². The molecule has 0 saturated carbocycles. The molecule has 0 radical (unpaired) electrons. The van der Waals surface area contributed by atoms with Crippen LogP contribution in [0, 0.1) is 0 Å². The summed E-state index contributed by atoms with van der Waals surface area (Å²) in [6.45, 7) is 2.47. The Balaban J connectivity index is 1.92. The number of hydrogen-bond donors (Lipinski definition) is 1. The van der Waals surface area contributed by atoms with E-state index in [1.54, 1.807) is 11.0 Å². The fraction of sp³-hybridized carbons (Fsp3) is 0.467. The average Bonchev–Trinajstić information content (AvgIpc) is 3.05. The highest BCUT2D eigenvalue weighted by Crippen LogP contribution is 2.27. The first-order chi connectivity index (χ1) is 9.28. The first-order valence-electron chi connectivity index (χ1n) is 6.96. The zero-order chi connectivity index (χ0) is 13.2. The summed E-state index contributed by atoms with van der Waals surface area (Å²) in [7, 11) is 0. The van der Waals surface area contributed by atoms with Gasteiger partial charge in [-0.15, -0.1) is 0 Å². The van der Waals surface area contributed by atoms with Crippen LogP contribution in [0.3, 0.4) is 0 Å². The fourth-order valence-corrected chi connectivity index (χ4v) is 2.66. The van der Waals surface area contributed by atoms with E-state index in [4.69, 9.17) is 0 Å². The van der Waals surface area contributed by atoms with E-state index in [1.807, 2.05) is 6.92 Å². The molecule has 0 bridgehead atoms. The smallest absolute Gasteiger partial charge is 0.158 e. The van der Waals surface area contributed by atoms with Gasteiger partial charge in [0.25, 0.3) is 0 Å². The second-order valence-electron chi connectivity index (χ2n) is 5.16. The predicted octanol–water partition coefficient (Wildman–Crippen LogP) is 2.20. The topological polar surface area (TPSA) is 50.9 Å². The van der Waals surface area contributed by atoms with Crippen molar-refractivity contribution in [2.75, 3.05) is 0 Å². The number of aryl methyl sites for hydroxylation is 2. The molecule has 0 aliphatic heterocycles. The summed E-state index contributed by atoms with van der Waals surface area (Å²) in [6, 6.07) is 6.54. The van der Waals surface area contributed by atoms with Gasteiger partial charge in [0.1, 0.15) is 6.33 Å². The van der Waals surface area contributed by atoms with Crippen molar-refractivity contribution in [3.05, 3.63) is 35.7 Å². The van der Waals surface area contributed by atoms with Gasteiger partial charge in [0.15, 0.2) is 5.82 Å². The molecule has 19 heavy (non-hydrogen) atoms. The monoisotopic (exact) mass is 257 g/mol. The Morgan fingerprint density at radius 1 is 1.32 bits per heavy atom. The van der Waals surface area contributed by atoms with Crippen molar-refractivity contribution in [2.24, 2.45) is 0 Å². The number of fused-ring (bicyclic) bond motifs is 1. The first kappa shape index (κ1) is 12.4. The number of rotatable bonds is 4. The largest absolute Gasteiger partial charge is 0.391 e. The minimum atomic E-state index is -0.366. The predicted molar refractivity (Wildman–Crippen MR) is 73.8 cm³/mol. The maximum atomic E-state index is 9.77. The van der Waals surface area contributed by atoms with E-state index in [9.17, 15) is 5.11 Å². The Morgan fingerprint density at radius 2 is 2.16 bits per heavy atom. The van der Waals surface area contributed by atoms with Crippen molar-refractivity contribution >= 4 is 0 Å². The standard InChI is InChI=1S/C15H19N3O/c1-2-14(19)9-18-15(16-10-17-18)13-7-6-11-4-3-5-12(11)8-13/h6-8,10,14,19H,2-5,9H2,1H3. The van der Waals surface area contributed by atoms with E-state index in [0.29, 0.717) is 6.54 Å². The van der Waals surface area contributed by atoms with Crippen LogP contribution in [0.1, 0.15) is 30.9 Å². The molecule has 0 amide bonds. The van der Waals surface area contributed by atoms with Gasteiger partial charge in [-0.1, -0.05) is 19.1 Å². The first-order valence-corrected chi connectivity index (χ1v) is 6.96. The zero-order valence-corrected chi connectivity index (χ0v) is 11.2. The van der Waals surface area contributed by atoms with Gasteiger partial charge >= 0.3 is 0 Å². The Bertz CT molecular complexity index is 577. The molecule has 3 rings (SSSR count). The third kappa shape index (κ3) is 2.40. The molecule has 1 aliphatic carbocycles.